The number of fused-ring (bicyclic) bond motifs is 1. The molecule has 0 unspecified atom stereocenters. The number of aromatic amines is 1. The Morgan fingerprint density at radius 3 is 2.68 bits per heavy atom. The zero-order chi connectivity index (χ0) is 13.1. The first-order valence-corrected chi connectivity index (χ1v) is 6.64. The van der Waals surface area contributed by atoms with Crippen molar-refractivity contribution in [3.8, 4) is 0 Å². The van der Waals surface area contributed by atoms with Gasteiger partial charge in [-0.2, -0.15) is 0 Å². The number of aromatic nitrogens is 1. The molecule has 2 aromatic carbocycles. The largest absolute Gasteiger partial charge is 0.361 e. The van der Waals surface area contributed by atoms with Crippen molar-refractivity contribution in [1.29, 1.82) is 0 Å². The normalized spacial score (nSPS) is 11.0. The SMILES string of the molecule is CNCc1ccccc1Cc1ccc2[nH]ccc2c1. The first kappa shape index (κ1) is 12.0. The molecule has 0 spiro atoms. The Morgan fingerprint density at radius 1 is 1.00 bits per heavy atom. The highest BCUT2D eigenvalue weighted by Crippen LogP contribution is 2.19. The molecule has 96 valence electrons. The van der Waals surface area contributed by atoms with Crippen LogP contribution in [0.5, 0.6) is 0 Å². The molecular weight excluding hydrogens is 232 g/mol. The summed E-state index contributed by atoms with van der Waals surface area (Å²) in [6.45, 7) is 0.919. The summed E-state index contributed by atoms with van der Waals surface area (Å²) in [7, 11) is 1.99. The molecular formula is C17H18N2. The van der Waals surface area contributed by atoms with Crippen LogP contribution in [0.4, 0.5) is 0 Å². The van der Waals surface area contributed by atoms with E-state index in [4.69, 9.17) is 0 Å². The monoisotopic (exact) mass is 250 g/mol. The topological polar surface area (TPSA) is 27.8 Å². The standard InChI is InChI=1S/C17H18N2/c1-18-12-16-5-3-2-4-14(16)10-13-6-7-17-15(11-13)8-9-19-17/h2-9,11,18-19H,10,12H2,1H3. The predicted molar refractivity (Wildman–Crippen MR) is 80.3 cm³/mol. The van der Waals surface area contributed by atoms with Crippen LogP contribution in [-0.2, 0) is 13.0 Å². The summed E-state index contributed by atoms with van der Waals surface area (Å²) in [6, 6.07) is 17.4. The van der Waals surface area contributed by atoms with Gasteiger partial charge >= 0.3 is 0 Å². The summed E-state index contributed by atoms with van der Waals surface area (Å²) < 4.78 is 0. The van der Waals surface area contributed by atoms with Crippen molar-refractivity contribution in [3.05, 3.63) is 71.4 Å². The van der Waals surface area contributed by atoms with Crippen LogP contribution < -0.4 is 5.32 Å². The molecule has 0 saturated heterocycles. The minimum Gasteiger partial charge on any atom is -0.361 e. The van der Waals surface area contributed by atoms with Gasteiger partial charge in [-0.1, -0.05) is 30.3 Å². The molecule has 19 heavy (non-hydrogen) atoms. The van der Waals surface area contributed by atoms with E-state index in [1.807, 2.05) is 13.2 Å². The number of rotatable bonds is 4. The molecule has 0 amide bonds. The van der Waals surface area contributed by atoms with E-state index in [1.165, 1.54) is 27.6 Å². The Hall–Kier alpha value is -2.06. The maximum absolute atomic E-state index is 3.23. The van der Waals surface area contributed by atoms with Gasteiger partial charge < -0.3 is 10.3 Å². The lowest BCUT2D eigenvalue weighted by molar-refractivity contribution is 0.808. The quantitative estimate of drug-likeness (QED) is 0.729. The molecule has 1 heterocycles. The van der Waals surface area contributed by atoms with Crippen molar-refractivity contribution in [2.75, 3.05) is 7.05 Å². The lowest BCUT2D eigenvalue weighted by atomic mass is 9.99. The number of benzene rings is 2. The molecule has 0 radical (unpaired) electrons. The van der Waals surface area contributed by atoms with Crippen molar-refractivity contribution < 1.29 is 0 Å². The first-order valence-electron chi connectivity index (χ1n) is 6.64. The molecule has 2 nitrogen and oxygen atoms in total. The zero-order valence-corrected chi connectivity index (χ0v) is 11.1. The molecule has 2 heteroatoms. The number of hydrogen-bond donors (Lipinski definition) is 2. The summed E-state index contributed by atoms with van der Waals surface area (Å²) in [4.78, 5) is 3.23. The van der Waals surface area contributed by atoms with Crippen LogP contribution in [0.3, 0.4) is 0 Å². The Labute approximate surface area is 113 Å². The Balaban J connectivity index is 1.91. The average molecular weight is 250 g/mol. The molecule has 3 rings (SSSR count). The third kappa shape index (κ3) is 2.54. The Morgan fingerprint density at radius 2 is 1.84 bits per heavy atom. The minimum atomic E-state index is 0.919. The van der Waals surface area contributed by atoms with Crippen LogP contribution in [0.15, 0.2) is 54.7 Å². The summed E-state index contributed by atoms with van der Waals surface area (Å²) >= 11 is 0. The highest BCUT2D eigenvalue weighted by Gasteiger charge is 2.03. The summed E-state index contributed by atoms with van der Waals surface area (Å²) in [5.41, 5.74) is 5.33. The van der Waals surface area contributed by atoms with Gasteiger partial charge in [0.15, 0.2) is 0 Å². The van der Waals surface area contributed by atoms with E-state index in [0.717, 1.165) is 13.0 Å². The van der Waals surface area contributed by atoms with Gasteiger partial charge in [0.05, 0.1) is 0 Å². The molecule has 0 atom stereocenters. The van der Waals surface area contributed by atoms with E-state index in [-0.39, 0.29) is 0 Å². The molecule has 0 saturated carbocycles. The summed E-state index contributed by atoms with van der Waals surface area (Å²) in [6.07, 6.45) is 2.97. The highest BCUT2D eigenvalue weighted by atomic mass is 14.8. The van der Waals surface area contributed by atoms with Gasteiger partial charge in [-0.15, -0.1) is 0 Å². The third-order valence-corrected chi connectivity index (χ3v) is 3.50. The maximum atomic E-state index is 3.23. The second-order valence-electron chi connectivity index (χ2n) is 4.88. The van der Waals surface area contributed by atoms with Crippen LogP contribution >= 0.6 is 0 Å². The predicted octanol–water partition coefficient (Wildman–Crippen LogP) is 3.48. The summed E-state index contributed by atoms with van der Waals surface area (Å²) in [5, 5.41) is 4.51. The minimum absolute atomic E-state index is 0.919. The van der Waals surface area contributed by atoms with Crippen LogP contribution in [0.2, 0.25) is 0 Å². The van der Waals surface area contributed by atoms with Gasteiger partial charge in [0.1, 0.15) is 0 Å². The van der Waals surface area contributed by atoms with Gasteiger partial charge in [-0.25, -0.2) is 0 Å². The fraction of sp³-hybridized carbons (Fsp3) is 0.176. The van der Waals surface area contributed by atoms with Crippen molar-refractivity contribution in [3.63, 3.8) is 0 Å². The summed E-state index contributed by atoms with van der Waals surface area (Å²) in [5.74, 6) is 0. The third-order valence-electron chi connectivity index (χ3n) is 3.50. The van der Waals surface area contributed by atoms with Crippen LogP contribution in [0.25, 0.3) is 10.9 Å². The molecule has 3 aromatic rings. The van der Waals surface area contributed by atoms with Gasteiger partial charge in [0.25, 0.3) is 0 Å². The number of H-pyrrole nitrogens is 1. The van der Waals surface area contributed by atoms with Gasteiger partial charge in [0, 0.05) is 18.3 Å². The molecule has 0 fully saturated rings. The molecule has 0 bridgehead atoms. The average Bonchev–Trinajstić information content (AvgIpc) is 2.89. The van der Waals surface area contributed by atoms with E-state index in [0.29, 0.717) is 0 Å². The molecule has 0 aliphatic rings. The van der Waals surface area contributed by atoms with Crippen LogP contribution in [0.1, 0.15) is 16.7 Å². The van der Waals surface area contributed by atoms with Crippen molar-refractivity contribution in [2.45, 2.75) is 13.0 Å². The lowest BCUT2D eigenvalue weighted by Crippen LogP contribution is -2.07. The first-order chi connectivity index (χ1) is 9.36. The fourth-order valence-corrected chi connectivity index (χ4v) is 2.53. The molecule has 0 aliphatic heterocycles. The smallest absolute Gasteiger partial charge is 0.0454 e. The Kier molecular flexibility index (Phi) is 3.34. The van der Waals surface area contributed by atoms with Crippen molar-refractivity contribution >= 4 is 10.9 Å². The van der Waals surface area contributed by atoms with Gasteiger partial charge in [-0.3, -0.25) is 0 Å². The Bertz CT molecular complexity index is 682. The second-order valence-corrected chi connectivity index (χ2v) is 4.88. The van der Waals surface area contributed by atoms with E-state index in [9.17, 15) is 0 Å². The van der Waals surface area contributed by atoms with Crippen LogP contribution in [-0.4, -0.2) is 12.0 Å². The maximum Gasteiger partial charge on any atom is 0.0454 e. The number of nitrogens with one attached hydrogen (secondary N) is 2. The van der Waals surface area contributed by atoms with E-state index in [1.54, 1.807) is 0 Å². The lowest BCUT2D eigenvalue weighted by Gasteiger charge is -2.09. The number of hydrogen-bond acceptors (Lipinski definition) is 1. The van der Waals surface area contributed by atoms with E-state index >= 15 is 0 Å². The van der Waals surface area contributed by atoms with Gasteiger partial charge in [-0.05, 0) is 53.7 Å². The van der Waals surface area contributed by atoms with Crippen molar-refractivity contribution in [2.24, 2.45) is 0 Å². The molecule has 1 aromatic heterocycles. The van der Waals surface area contributed by atoms with Crippen LogP contribution in [0, 0.1) is 0 Å². The van der Waals surface area contributed by atoms with Crippen molar-refractivity contribution in [1.82, 2.24) is 10.3 Å². The second kappa shape index (κ2) is 5.29. The molecule has 0 aliphatic carbocycles. The zero-order valence-electron chi connectivity index (χ0n) is 11.1. The highest BCUT2D eigenvalue weighted by molar-refractivity contribution is 5.80. The molecule has 2 N–H and O–H groups in total. The van der Waals surface area contributed by atoms with E-state index < -0.39 is 0 Å². The fourth-order valence-electron chi connectivity index (χ4n) is 2.53. The van der Waals surface area contributed by atoms with Gasteiger partial charge in [0.2, 0.25) is 0 Å². The van der Waals surface area contributed by atoms with E-state index in [2.05, 4.69) is 58.8 Å².